The number of nitrogens with zero attached hydrogens (tertiary/aromatic N) is 3. The van der Waals surface area contributed by atoms with Crippen LogP contribution in [0.2, 0.25) is 5.02 Å². The second-order valence-corrected chi connectivity index (χ2v) is 9.26. The Bertz CT molecular complexity index is 1220. The molecule has 4 rings (SSSR count). The highest BCUT2D eigenvalue weighted by Crippen LogP contribution is 2.25. The van der Waals surface area contributed by atoms with Crippen LogP contribution >= 0.6 is 23.4 Å². The molecule has 0 atom stereocenters. The molecule has 0 radical (unpaired) electrons. The number of nitrogens with one attached hydrogen (secondary N) is 1. The summed E-state index contributed by atoms with van der Waals surface area (Å²) in [5, 5.41) is 12.9. The van der Waals surface area contributed by atoms with Gasteiger partial charge in [-0.05, 0) is 53.9 Å². The van der Waals surface area contributed by atoms with Gasteiger partial charge in [0.1, 0.15) is 18.1 Å². The van der Waals surface area contributed by atoms with Crippen LogP contribution in [0.15, 0.2) is 76.5 Å². The van der Waals surface area contributed by atoms with E-state index >= 15 is 0 Å². The van der Waals surface area contributed by atoms with Crippen molar-refractivity contribution in [3.63, 3.8) is 0 Å². The van der Waals surface area contributed by atoms with Crippen molar-refractivity contribution in [3.05, 3.63) is 89.1 Å². The number of ether oxygens (including phenoxy) is 1. The van der Waals surface area contributed by atoms with Crippen molar-refractivity contribution in [2.24, 2.45) is 0 Å². The molecule has 1 amide bonds. The molecule has 34 heavy (non-hydrogen) atoms. The number of amides is 1. The molecule has 0 unspecified atom stereocenters. The average molecular weight is 497 g/mol. The van der Waals surface area contributed by atoms with Crippen LogP contribution in [0, 0.1) is 0 Å². The zero-order chi connectivity index (χ0) is 23.9. The van der Waals surface area contributed by atoms with Crippen LogP contribution in [0.25, 0.3) is 0 Å². The van der Waals surface area contributed by atoms with Gasteiger partial charge in [-0.3, -0.25) is 9.36 Å². The van der Waals surface area contributed by atoms with Crippen molar-refractivity contribution in [3.8, 4) is 5.75 Å². The molecule has 0 spiro atoms. The van der Waals surface area contributed by atoms with E-state index in [1.807, 2.05) is 41.0 Å². The molecule has 2 heterocycles. The van der Waals surface area contributed by atoms with Gasteiger partial charge in [-0.15, -0.1) is 10.2 Å². The smallest absolute Gasteiger partial charge is 0.234 e. The number of halogens is 1. The fourth-order valence-electron chi connectivity index (χ4n) is 3.36. The summed E-state index contributed by atoms with van der Waals surface area (Å²) in [6.07, 6.45) is 1.62. The fourth-order valence-corrected chi connectivity index (χ4v) is 4.24. The van der Waals surface area contributed by atoms with E-state index in [9.17, 15) is 4.79 Å². The molecule has 4 aromatic rings. The lowest BCUT2D eigenvalue weighted by Gasteiger charge is -2.13. The minimum absolute atomic E-state index is 0.107. The lowest BCUT2D eigenvalue weighted by molar-refractivity contribution is -0.113. The van der Waals surface area contributed by atoms with Crippen LogP contribution in [0.1, 0.15) is 36.9 Å². The first-order valence-electron chi connectivity index (χ1n) is 10.8. The first-order valence-corrected chi connectivity index (χ1v) is 12.2. The first kappa shape index (κ1) is 23.9. The average Bonchev–Trinajstić information content (AvgIpc) is 3.48. The quantitative estimate of drug-likeness (QED) is 0.271. The van der Waals surface area contributed by atoms with E-state index < -0.39 is 0 Å². The number of para-hydroxylation sites is 1. The molecule has 0 bridgehead atoms. The number of benzene rings is 2. The van der Waals surface area contributed by atoms with Crippen molar-refractivity contribution in [1.82, 2.24) is 14.8 Å². The van der Waals surface area contributed by atoms with Crippen LogP contribution in [-0.2, 0) is 17.9 Å². The number of thioether (sulfide) groups is 1. The molecule has 0 aliphatic rings. The van der Waals surface area contributed by atoms with Crippen molar-refractivity contribution in [2.75, 3.05) is 11.1 Å². The van der Waals surface area contributed by atoms with Crippen molar-refractivity contribution >= 4 is 35.0 Å². The molecule has 0 saturated heterocycles. The van der Waals surface area contributed by atoms with E-state index in [1.165, 1.54) is 11.8 Å². The molecule has 2 aromatic heterocycles. The third-order valence-corrected chi connectivity index (χ3v) is 6.28. The van der Waals surface area contributed by atoms with Gasteiger partial charge >= 0.3 is 0 Å². The highest BCUT2D eigenvalue weighted by Gasteiger charge is 2.17. The lowest BCUT2D eigenvalue weighted by atomic mass is 10.0. The van der Waals surface area contributed by atoms with E-state index in [0.29, 0.717) is 34.2 Å². The number of hydrogen-bond acceptors (Lipinski definition) is 6. The summed E-state index contributed by atoms with van der Waals surface area (Å²) in [6, 6.07) is 18.7. The number of hydrogen-bond donors (Lipinski definition) is 1. The van der Waals surface area contributed by atoms with Gasteiger partial charge in [0.05, 0.1) is 18.6 Å². The maximum Gasteiger partial charge on any atom is 0.234 e. The second kappa shape index (κ2) is 11.3. The summed E-state index contributed by atoms with van der Waals surface area (Å²) in [7, 11) is 0. The zero-order valence-corrected chi connectivity index (χ0v) is 20.5. The van der Waals surface area contributed by atoms with Gasteiger partial charge < -0.3 is 14.5 Å². The second-order valence-electron chi connectivity index (χ2n) is 7.89. The monoisotopic (exact) mass is 496 g/mol. The highest BCUT2D eigenvalue weighted by molar-refractivity contribution is 7.99. The predicted octanol–water partition coefficient (Wildman–Crippen LogP) is 6.01. The maximum atomic E-state index is 12.7. The third kappa shape index (κ3) is 6.21. The van der Waals surface area contributed by atoms with E-state index in [-0.39, 0.29) is 18.3 Å². The third-order valence-electron chi connectivity index (χ3n) is 5.06. The number of rotatable bonds is 10. The number of carbonyl (C=O) groups excluding carboxylic acids is 1. The Kier molecular flexibility index (Phi) is 7.92. The normalized spacial score (nSPS) is 11.1. The van der Waals surface area contributed by atoms with Gasteiger partial charge in [-0.2, -0.15) is 0 Å². The summed E-state index contributed by atoms with van der Waals surface area (Å²) < 4.78 is 13.3. The van der Waals surface area contributed by atoms with Crippen LogP contribution < -0.4 is 10.1 Å². The molecule has 0 fully saturated rings. The summed E-state index contributed by atoms with van der Waals surface area (Å²) >= 11 is 7.26. The molecule has 1 N–H and O–H groups in total. The van der Waals surface area contributed by atoms with E-state index in [4.69, 9.17) is 20.8 Å². The molecule has 0 aliphatic carbocycles. The van der Waals surface area contributed by atoms with Crippen molar-refractivity contribution in [2.45, 2.75) is 38.1 Å². The van der Waals surface area contributed by atoms with Gasteiger partial charge in [0, 0.05) is 10.7 Å². The Morgan fingerprint density at radius 2 is 1.91 bits per heavy atom. The van der Waals surface area contributed by atoms with Gasteiger partial charge in [0.15, 0.2) is 11.0 Å². The minimum atomic E-state index is -0.107. The molecule has 176 valence electrons. The topological polar surface area (TPSA) is 82.2 Å². The Hall–Kier alpha value is -3.23. The zero-order valence-electron chi connectivity index (χ0n) is 18.9. The Balaban J connectivity index is 1.45. The van der Waals surface area contributed by atoms with Crippen molar-refractivity contribution < 1.29 is 13.9 Å². The molecule has 0 aliphatic heterocycles. The molecular weight excluding hydrogens is 472 g/mol. The van der Waals surface area contributed by atoms with Gasteiger partial charge in [0.2, 0.25) is 5.91 Å². The summed E-state index contributed by atoms with van der Waals surface area (Å²) in [5.74, 6) is 2.45. The SMILES string of the molecule is CC(C)c1ccccc1NC(=O)CSc1nnc(COc2ccc(Cl)cc2)n1Cc1ccco1. The van der Waals surface area contributed by atoms with Gasteiger partial charge in [-0.25, -0.2) is 0 Å². The maximum absolute atomic E-state index is 12.7. The fraction of sp³-hybridized carbons (Fsp3) is 0.240. The number of carbonyl (C=O) groups is 1. The van der Waals surface area contributed by atoms with Crippen LogP contribution in [0.3, 0.4) is 0 Å². The van der Waals surface area contributed by atoms with Crippen LogP contribution in [0.4, 0.5) is 5.69 Å². The van der Waals surface area contributed by atoms with Crippen LogP contribution in [0.5, 0.6) is 5.75 Å². The lowest BCUT2D eigenvalue weighted by Crippen LogP contribution is -2.16. The standard InChI is InChI=1S/C25H25ClN4O3S/c1-17(2)21-7-3-4-8-22(21)27-24(31)16-34-25-29-28-23(30(25)14-20-6-5-13-32-20)15-33-19-11-9-18(26)10-12-19/h3-13,17H,14-16H2,1-2H3,(H,27,31). The number of furan rings is 1. The first-order chi connectivity index (χ1) is 16.5. The van der Waals surface area contributed by atoms with Gasteiger partial charge in [-0.1, -0.05) is 55.4 Å². The molecule has 9 heteroatoms. The number of anilines is 1. The van der Waals surface area contributed by atoms with E-state index in [0.717, 1.165) is 17.0 Å². The largest absolute Gasteiger partial charge is 0.486 e. The minimum Gasteiger partial charge on any atom is -0.486 e. The van der Waals surface area contributed by atoms with Crippen molar-refractivity contribution in [1.29, 1.82) is 0 Å². The van der Waals surface area contributed by atoms with Crippen LogP contribution in [-0.4, -0.2) is 26.4 Å². The summed E-state index contributed by atoms with van der Waals surface area (Å²) in [5.41, 5.74) is 1.93. The molecular formula is C25H25ClN4O3S. The van der Waals surface area contributed by atoms with E-state index in [1.54, 1.807) is 30.5 Å². The predicted molar refractivity (Wildman–Crippen MR) is 134 cm³/mol. The van der Waals surface area contributed by atoms with Gasteiger partial charge in [0.25, 0.3) is 0 Å². The molecule has 2 aromatic carbocycles. The number of aromatic nitrogens is 3. The van der Waals surface area contributed by atoms with E-state index in [2.05, 4.69) is 29.4 Å². The Labute approximate surface area is 207 Å². The Morgan fingerprint density at radius 1 is 1.12 bits per heavy atom. The summed E-state index contributed by atoms with van der Waals surface area (Å²) in [4.78, 5) is 12.7. The summed E-state index contributed by atoms with van der Waals surface area (Å²) in [6.45, 7) is 4.85. The Morgan fingerprint density at radius 3 is 2.65 bits per heavy atom. The highest BCUT2D eigenvalue weighted by atomic mass is 35.5. The molecule has 7 nitrogen and oxygen atoms in total. The molecule has 0 saturated carbocycles.